The maximum atomic E-state index is 12.9. The lowest BCUT2D eigenvalue weighted by Crippen LogP contribution is -2.62. The van der Waals surface area contributed by atoms with E-state index in [1.807, 2.05) is 6.07 Å². The van der Waals surface area contributed by atoms with Crippen LogP contribution >= 0.6 is 0 Å². The van der Waals surface area contributed by atoms with Crippen molar-refractivity contribution in [1.29, 1.82) is 0 Å². The van der Waals surface area contributed by atoms with Gasteiger partial charge in [0.25, 0.3) is 17.7 Å². The van der Waals surface area contributed by atoms with Gasteiger partial charge in [-0.3, -0.25) is 29.4 Å². The van der Waals surface area contributed by atoms with E-state index in [0.717, 1.165) is 16.0 Å². The fraction of sp³-hybridized carbons (Fsp3) is 0.375. The van der Waals surface area contributed by atoms with Crippen molar-refractivity contribution in [3.63, 3.8) is 0 Å². The molecule has 1 atom stereocenters. The Morgan fingerprint density at radius 3 is 2.61 bits per heavy atom. The van der Waals surface area contributed by atoms with E-state index in [1.165, 1.54) is 6.92 Å². The van der Waals surface area contributed by atoms with Gasteiger partial charge >= 0.3 is 0 Å². The number of carbonyl (C=O) groups is 4. The first kappa shape index (κ1) is 14.1. The highest BCUT2D eigenvalue weighted by atomic mass is 16.2. The lowest BCUT2D eigenvalue weighted by Gasteiger charge is -2.38. The molecule has 2 N–H and O–H groups in total. The zero-order chi connectivity index (χ0) is 16.4. The Hall–Kier alpha value is -2.54. The molecule has 3 heterocycles. The van der Waals surface area contributed by atoms with E-state index >= 15 is 0 Å². The van der Waals surface area contributed by atoms with E-state index in [0.29, 0.717) is 24.2 Å². The average Bonchev–Trinajstić information content (AvgIpc) is 3.07. The van der Waals surface area contributed by atoms with Crippen LogP contribution in [0.1, 0.15) is 51.6 Å². The topological polar surface area (TPSA) is 95.6 Å². The van der Waals surface area contributed by atoms with Gasteiger partial charge in [-0.1, -0.05) is 6.07 Å². The smallest absolute Gasteiger partial charge is 0.262 e. The van der Waals surface area contributed by atoms with Crippen LogP contribution < -0.4 is 10.6 Å². The molecule has 118 valence electrons. The fourth-order valence-corrected chi connectivity index (χ4v) is 3.58. The summed E-state index contributed by atoms with van der Waals surface area (Å²) in [5.74, 6) is -1.89. The molecular formula is C16H15N3O4. The molecule has 3 aliphatic rings. The number of piperidine rings is 1. The number of imide groups is 2. The molecular weight excluding hydrogens is 298 g/mol. The molecule has 1 unspecified atom stereocenters. The number of nitrogens with zero attached hydrogens (tertiary/aromatic N) is 1. The monoisotopic (exact) mass is 313 g/mol. The summed E-state index contributed by atoms with van der Waals surface area (Å²) in [5.41, 5.74) is 1.23. The summed E-state index contributed by atoms with van der Waals surface area (Å²) in [6, 6.07) is 3.49. The van der Waals surface area contributed by atoms with E-state index in [1.54, 1.807) is 6.07 Å². The molecule has 4 rings (SSSR count). The number of carbonyl (C=O) groups excluding carboxylic acids is 4. The van der Waals surface area contributed by atoms with E-state index in [2.05, 4.69) is 10.6 Å². The maximum absolute atomic E-state index is 12.9. The summed E-state index contributed by atoms with van der Waals surface area (Å²) in [6.45, 7) is 2.73. The van der Waals surface area contributed by atoms with Gasteiger partial charge in [0, 0.05) is 19.5 Å². The molecule has 3 aliphatic heterocycles. The third-order valence-electron chi connectivity index (χ3n) is 4.95. The Bertz CT molecular complexity index is 801. The third-order valence-corrected chi connectivity index (χ3v) is 4.95. The number of nitrogens with one attached hydrogen (secondary N) is 2. The normalized spacial score (nSPS) is 26.4. The third kappa shape index (κ3) is 1.74. The Morgan fingerprint density at radius 2 is 1.87 bits per heavy atom. The van der Waals surface area contributed by atoms with E-state index < -0.39 is 23.3 Å². The van der Waals surface area contributed by atoms with Crippen LogP contribution in [-0.2, 0) is 22.7 Å². The molecule has 0 bridgehead atoms. The predicted molar refractivity (Wildman–Crippen MR) is 78.3 cm³/mol. The minimum atomic E-state index is -1.33. The Balaban J connectivity index is 1.81. The quantitative estimate of drug-likeness (QED) is 0.716. The van der Waals surface area contributed by atoms with Gasteiger partial charge < -0.3 is 5.32 Å². The van der Waals surface area contributed by atoms with Crippen molar-refractivity contribution in [3.8, 4) is 0 Å². The fourth-order valence-electron chi connectivity index (χ4n) is 3.58. The molecule has 1 aromatic rings. The average molecular weight is 313 g/mol. The second-order valence-electron chi connectivity index (χ2n) is 6.33. The number of hydrogen-bond donors (Lipinski definition) is 2. The van der Waals surface area contributed by atoms with Crippen LogP contribution in [0.15, 0.2) is 12.1 Å². The summed E-state index contributed by atoms with van der Waals surface area (Å²) < 4.78 is 0. The number of benzene rings is 1. The van der Waals surface area contributed by atoms with Gasteiger partial charge in [0.05, 0.1) is 11.1 Å². The van der Waals surface area contributed by atoms with Crippen molar-refractivity contribution in [2.24, 2.45) is 0 Å². The van der Waals surface area contributed by atoms with E-state index in [4.69, 9.17) is 0 Å². The molecule has 0 aromatic heterocycles. The van der Waals surface area contributed by atoms with Crippen molar-refractivity contribution in [2.75, 3.05) is 0 Å². The zero-order valence-corrected chi connectivity index (χ0v) is 12.6. The molecule has 0 aliphatic carbocycles. The summed E-state index contributed by atoms with van der Waals surface area (Å²) in [4.78, 5) is 50.4. The molecule has 1 aromatic carbocycles. The van der Waals surface area contributed by atoms with Gasteiger partial charge in [-0.05, 0) is 30.5 Å². The minimum absolute atomic E-state index is 0.106. The first-order chi connectivity index (χ1) is 10.9. The highest BCUT2D eigenvalue weighted by molar-refractivity contribution is 6.25. The van der Waals surface area contributed by atoms with Crippen LogP contribution in [-0.4, -0.2) is 34.1 Å². The molecule has 0 spiro atoms. The number of rotatable bonds is 1. The number of amides is 4. The molecule has 4 amide bonds. The van der Waals surface area contributed by atoms with Crippen LogP contribution in [0, 0.1) is 0 Å². The second-order valence-corrected chi connectivity index (χ2v) is 6.33. The molecule has 1 fully saturated rings. The highest BCUT2D eigenvalue weighted by Crippen LogP contribution is 2.37. The van der Waals surface area contributed by atoms with Crippen molar-refractivity contribution in [3.05, 3.63) is 34.4 Å². The van der Waals surface area contributed by atoms with E-state index in [-0.39, 0.29) is 18.7 Å². The molecule has 23 heavy (non-hydrogen) atoms. The largest absolute Gasteiger partial charge is 0.309 e. The summed E-state index contributed by atoms with van der Waals surface area (Å²) in [6.07, 6.45) is 0.249. The van der Waals surface area contributed by atoms with Gasteiger partial charge in [0.15, 0.2) is 0 Å². The number of hydrogen-bond acceptors (Lipinski definition) is 5. The molecule has 0 saturated carbocycles. The van der Waals surface area contributed by atoms with Gasteiger partial charge in [-0.15, -0.1) is 0 Å². The minimum Gasteiger partial charge on any atom is -0.309 e. The zero-order valence-electron chi connectivity index (χ0n) is 12.6. The van der Waals surface area contributed by atoms with Crippen molar-refractivity contribution >= 4 is 23.6 Å². The van der Waals surface area contributed by atoms with Gasteiger partial charge in [-0.2, -0.15) is 0 Å². The summed E-state index contributed by atoms with van der Waals surface area (Å²) in [5, 5.41) is 5.40. The van der Waals surface area contributed by atoms with Crippen LogP contribution in [0.3, 0.4) is 0 Å². The molecule has 0 radical (unpaired) electrons. The van der Waals surface area contributed by atoms with Gasteiger partial charge in [0.1, 0.15) is 5.54 Å². The first-order valence-electron chi connectivity index (χ1n) is 7.52. The Kier molecular flexibility index (Phi) is 2.74. The van der Waals surface area contributed by atoms with Crippen molar-refractivity contribution < 1.29 is 19.2 Å². The van der Waals surface area contributed by atoms with Crippen molar-refractivity contribution in [1.82, 2.24) is 15.5 Å². The van der Waals surface area contributed by atoms with Gasteiger partial charge in [0.2, 0.25) is 5.91 Å². The number of fused-ring (bicyclic) bond motifs is 3. The van der Waals surface area contributed by atoms with Crippen LogP contribution in [0.25, 0.3) is 0 Å². The summed E-state index contributed by atoms with van der Waals surface area (Å²) >= 11 is 0. The SMILES string of the molecule is CC1(N2C(=O)c3ccc4c(c3C2=O)CNC4)CCC(=O)NC1=O. The Morgan fingerprint density at radius 1 is 1.09 bits per heavy atom. The molecule has 7 heteroatoms. The molecule has 7 nitrogen and oxygen atoms in total. The second kappa shape index (κ2) is 4.48. The lowest BCUT2D eigenvalue weighted by molar-refractivity contribution is -0.140. The van der Waals surface area contributed by atoms with Gasteiger partial charge in [-0.25, -0.2) is 0 Å². The maximum Gasteiger partial charge on any atom is 0.262 e. The van der Waals surface area contributed by atoms with Crippen molar-refractivity contribution in [2.45, 2.75) is 38.4 Å². The first-order valence-corrected chi connectivity index (χ1v) is 7.52. The predicted octanol–water partition coefficient (Wildman–Crippen LogP) is 0.0811. The summed E-state index contributed by atoms with van der Waals surface area (Å²) in [7, 11) is 0. The van der Waals surface area contributed by atoms with E-state index in [9.17, 15) is 19.2 Å². The highest BCUT2D eigenvalue weighted by Gasteiger charge is 2.53. The Labute approximate surface area is 132 Å². The standard InChI is InChI=1S/C16H15N3O4/c1-16(5-4-11(20)18-15(16)23)19-13(21)9-3-2-8-6-17-7-10(8)12(9)14(19)22/h2-3,17H,4-7H2,1H3,(H,18,20,23). The van der Waals surface area contributed by atoms with Crippen LogP contribution in [0.5, 0.6) is 0 Å². The molecule has 1 saturated heterocycles. The lowest BCUT2D eigenvalue weighted by atomic mass is 9.89. The van der Waals surface area contributed by atoms with Crippen LogP contribution in [0.2, 0.25) is 0 Å². The van der Waals surface area contributed by atoms with Crippen LogP contribution in [0.4, 0.5) is 0 Å².